The zero-order chi connectivity index (χ0) is 18.9. The number of halogens is 3. The highest BCUT2D eigenvalue weighted by Gasteiger charge is 2.09. The van der Waals surface area contributed by atoms with E-state index in [1.807, 2.05) is 37.4 Å². The van der Waals surface area contributed by atoms with Crippen LogP contribution in [-0.2, 0) is 11.5 Å². The maximum atomic E-state index is 8.01. The van der Waals surface area contributed by atoms with Gasteiger partial charge in [0.2, 0.25) is 0 Å². The van der Waals surface area contributed by atoms with Gasteiger partial charge in [0, 0.05) is 46.5 Å². The van der Waals surface area contributed by atoms with E-state index in [1.165, 1.54) is 11.4 Å². The summed E-state index contributed by atoms with van der Waals surface area (Å²) in [5.41, 5.74) is 4.47. The molecule has 0 aromatic carbocycles. The minimum atomic E-state index is 0. The van der Waals surface area contributed by atoms with Crippen LogP contribution >= 0.6 is 60.7 Å². The number of hydrogen-bond acceptors (Lipinski definition) is 5. The van der Waals surface area contributed by atoms with Crippen LogP contribution in [0.3, 0.4) is 0 Å². The molecule has 2 atom stereocenters. The first kappa shape index (κ1) is 30.5. The standard InChI is InChI=1S/C17H29N7S2.3ClH/c1-11(25-7-15-13(3)21-9-23-15)5-19-17(18)20-6-12(2)26-8-16-14(4)22-10-24-16;;;/h9-12H,5-8H2,1-4H3,(H,21,23)(H,22,24)(H3,18,19,20);3*1H. The summed E-state index contributed by atoms with van der Waals surface area (Å²) >= 11 is 3.70. The predicted molar refractivity (Wildman–Crippen MR) is 134 cm³/mol. The van der Waals surface area contributed by atoms with Gasteiger partial charge in [-0.3, -0.25) is 5.41 Å². The molecule has 29 heavy (non-hydrogen) atoms. The molecule has 0 saturated carbocycles. The molecule has 2 rings (SSSR count). The molecule has 2 aromatic rings. The van der Waals surface area contributed by atoms with Crippen molar-refractivity contribution in [3.05, 3.63) is 35.4 Å². The maximum absolute atomic E-state index is 8.01. The molecule has 0 aliphatic heterocycles. The number of guanidine groups is 1. The molecular formula is C17H32Cl3N7S2. The SMILES string of the molecule is Cc1nc[nH]c1CSC(C)CNC(=N)NCC(C)SCc1[nH]cnc1C.Cl.Cl.Cl. The summed E-state index contributed by atoms with van der Waals surface area (Å²) in [6.45, 7) is 9.89. The summed E-state index contributed by atoms with van der Waals surface area (Å²) in [4.78, 5) is 14.8. The molecule has 0 bridgehead atoms. The summed E-state index contributed by atoms with van der Waals surface area (Å²) in [5.74, 6) is 2.21. The van der Waals surface area contributed by atoms with Crippen molar-refractivity contribution >= 4 is 66.7 Å². The minimum Gasteiger partial charge on any atom is -0.355 e. The average molecular weight is 505 g/mol. The van der Waals surface area contributed by atoms with Gasteiger partial charge in [0.1, 0.15) is 0 Å². The van der Waals surface area contributed by atoms with Crippen molar-refractivity contribution in [2.45, 2.75) is 49.7 Å². The van der Waals surface area contributed by atoms with Gasteiger partial charge in [-0.1, -0.05) is 13.8 Å². The monoisotopic (exact) mass is 503 g/mol. The van der Waals surface area contributed by atoms with Crippen LogP contribution in [0, 0.1) is 19.3 Å². The summed E-state index contributed by atoms with van der Waals surface area (Å²) in [5, 5.41) is 15.2. The number of rotatable bonds is 10. The summed E-state index contributed by atoms with van der Waals surface area (Å²) < 4.78 is 0. The fraction of sp³-hybridized carbons (Fsp3) is 0.588. The topological polar surface area (TPSA) is 105 Å². The van der Waals surface area contributed by atoms with Crippen LogP contribution in [0.5, 0.6) is 0 Å². The number of aromatic nitrogens is 4. The third-order valence-corrected chi connectivity index (χ3v) is 6.41. The Morgan fingerprint density at radius 1 is 0.897 bits per heavy atom. The first-order valence-electron chi connectivity index (χ1n) is 8.73. The molecule has 0 spiro atoms. The first-order chi connectivity index (χ1) is 12.5. The third kappa shape index (κ3) is 11.3. The van der Waals surface area contributed by atoms with Gasteiger partial charge < -0.3 is 20.6 Å². The van der Waals surface area contributed by atoms with Crippen molar-refractivity contribution in [1.82, 2.24) is 30.6 Å². The number of thioether (sulfide) groups is 2. The van der Waals surface area contributed by atoms with Crippen LogP contribution in [0.4, 0.5) is 0 Å². The van der Waals surface area contributed by atoms with E-state index in [1.54, 1.807) is 12.7 Å². The highest BCUT2D eigenvalue weighted by Crippen LogP contribution is 2.18. The molecule has 2 aromatic heterocycles. The Kier molecular flexibility index (Phi) is 16.8. The quantitative estimate of drug-likeness (QED) is 0.247. The number of hydrogen-bond donors (Lipinski definition) is 5. The second-order valence-electron chi connectivity index (χ2n) is 6.31. The smallest absolute Gasteiger partial charge is 0.188 e. The van der Waals surface area contributed by atoms with E-state index >= 15 is 0 Å². The van der Waals surface area contributed by atoms with E-state index in [9.17, 15) is 0 Å². The molecule has 2 unspecified atom stereocenters. The number of nitrogens with one attached hydrogen (secondary N) is 5. The fourth-order valence-corrected chi connectivity index (χ4v) is 4.08. The Hall–Kier alpha value is -0.740. The Morgan fingerprint density at radius 2 is 1.28 bits per heavy atom. The lowest BCUT2D eigenvalue weighted by molar-refractivity contribution is 0.773. The van der Waals surface area contributed by atoms with Gasteiger partial charge in [0.25, 0.3) is 0 Å². The lowest BCUT2D eigenvalue weighted by atomic mass is 10.4. The van der Waals surface area contributed by atoms with Crippen molar-refractivity contribution in [3.8, 4) is 0 Å². The van der Waals surface area contributed by atoms with E-state index in [4.69, 9.17) is 5.41 Å². The van der Waals surface area contributed by atoms with Crippen LogP contribution in [0.2, 0.25) is 0 Å². The zero-order valence-electron chi connectivity index (χ0n) is 17.1. The van der Waals surface area contributed by atoms with Crippen LogP contribution in [-0.4, -0.2) is 49.5 Å². The summed E-state index contributed by atoms with van der Waals surface area (Å²) in [6, 6.07) is 0. The van der Waals surface area contributed by atoms with Crippen LogP contribution in [0.1, 0.15) is 36.6 Å². The van der Waals surface area contributed by atoms with Crippen molar-refractivity contribution < 1.29 is 0 Å². The van der Waals surface area contributed by atoms with Gasteiger partial charge in [0.05, 0.1) is 24.0 Å². The first-order valence-corrected chi connectivity index (χ1v) is 10.8. The van der Waals surface area contributed by atoms with Gasteiger partial charge in [-0.15, -0.1) is 37.2 Å². The van der Waals surface area contributed by atoms with Gasteiger partial charge >= 0.3 is 0 Å². The molecule has 0 fully saturated rings. The molecule has 0 amide bonds. The second kappa shape index (κ2) is 16.0. The number of aryl methyl sites for hydroxylation is 2. The molecule has 12 heteroatoms. The fourth-order valence-electron chi connectivity index (χ4n) is 2.19. The van der Waals surface area contributed by atoms with E-state index in [-0.39, 0.29) is 37.2 Å². The van der Waals surface area contributed by atoms with Crippen LogP contribution in [0.15, 0.2) is 12.7 Å². The summed E-state index contributed by atoms with van der Waals surface area (Å²) in [6.07, 6.45) is 3.47. The Morgan fingerprint density at radius 3 is 1.59 bits per heavy atom. The molecule has 5 N–H and O–H groups in total. The Labute approximate surface area is 200 Å². The van der Waals surface area contributed by atoms with Crippen molar-refractivity contribution in [2.24, 2.45) is 0 Å². The number of H-pyrrole nitrogens is 2. The minimum absolute atomic E-state index is 0. The Bertz CT molecular complexity index is 640. The maximum Gasteiger partial charge on any atom is 0.188 e. The van der Waals surface area contributed by atoms with Gasteiger partial charge in [-0.05, 0) is 13.8 Å². The molecule has 168 valence electrons. The van der Waals surface area contributed by atoms with Crippen molar-refractivity contribution in [1.29, 1.82) is 5.41 Å². The number of imidazole rings is 2. The molecule has 0 radical (unpaired) electrons. The highest BCUT2D eigenvalue weighted by molar-refractivity contribution is 7.99. The van der Waals surface area contributed by atoms with Gasteiger partial charge in [-0.25, -0.2) is 9.97 Å². The Balaban J connectivity index is 0. The van der Waals surface area contributed by atoms with E-state index in [0.717, 1.165) is 36.0 Å². The van der Waals surface area contributed by atoms with Gasteiger partial charge in [-0.2, -0.15) is 23.5 Å². The van der Waals surface area contributed by atoms with E-state index in [0.29, 0.717) is 16.5 Å². The molecule has 2 heterocycles. The highest BCUT2D eigenvalue weighted by atomic mass is 35.5. The molecule has 7 nitrogen and oxygen atoms in total. The largest absolute Gasteiger partial charge is 0.355 e. The van der Waals surface area contributed by atoms with Crippen molar-refractivity contribution in [3.63, 3.8) is 0 Å². The lowest BCUT2D eigenvalue weighted by Gasteiger charge is -2.17. The molecule has 0 aliphatic rings. The van der Waals surface area contributed by atoms with Crippen molar-refractivity contribution in [2.75, 3.05) is 13.1 Å². The van der Waals surface area contributed by atoms with Crippen LogP contribution < -0.4 is 10.6 Å². The van der Waals surface area contributed by atoms with E-state index < -0.39 is 0 Å². The summed E-state index contributed by atoms with van der Waals surface area (Å²) in [7, 11) is 0. The average Bonchev–Trinajstić information content (AvgIpc) is 3.22. The second-order valence-corrected chi connectivity index (χ2v) is 9.17. The van der Waals surface area contributed by atoms with E-state index in [2.05, 4.69) is 44.4 Å². The van der Waals surface area contributed by atoms with Crippen LogP contribution in [0.25, 0.3) is 0 Å². The predicted octanol–water partition coefficient (Wildman–Crippen LogP) is 4.07. The normalized spacial score (nSPS) is 12.0. The molecular weight excluding hydrogens is 473 g/mol. The number of nitrogens with zero attached hydrogens (tertiary/aromatic N) is 2. The third-order valence-electron chi connectivity index (χ3n) is 4.02. The molecule has 0 aliphatic carbocycles. The zero-order valence-corrected chi connectivity index (χ0v) is 21.2. The van der Waals surface area contributed by atoms with Gasteiger partial charge in [0.15, 0.2) is 5.96 Å². The lowest BCUT2D eigenvalue weighted by Crippen LogP contribution is -2.41. The number of aromatic amines is 2. The molecule has 0 saturated heterocycles.